The number of nitrogens with zero attached hydrogens (tertiary/aromatic N) is 1. The summed E-state index contributed by atoms with van der Waals surface area (Å²) >= 11 is 1.75. The number of aliphatic hydroxyl groups is 1. The maximum atomic E-state index is 12.5. The van der Waals surface area contributed by atoms with Gasteiger partial charge in [0.15, 0.2) is 0 Å². The summed E-state index contributed by atoms with van der Waals surface area (Å²) in [7, 11) is 0. The first-order valence-corrected chi connectivity index (χ1v) is 9.25. The second-order valence-electron chi connectivity index (χ2n) is 6.51. The van der Waals surface area contributed by atoms with Gasteiger partial charge in [0, 0.05) is 24.9 Å². The van der Waals surface area contributed by atoms with Crippen molar-refractivity contribution in [3.63, 3.8) is 0 Å². The van der Waals surface area contributed by atoms with Gasteiger partial charge in [-0.3, -0.25) is 9.69 Å². The molecule has 120 valence electrons. The summed E-state index contributed by atoms with van der Waals surface area (Å²) in [5, 5.41) is 13.3. The highest BCUT2D eigenvalue weighted by Gasteiger charge is 2.37. The second-order valence-corrected chi connectivity index (χ2v) is 7.62. The Balaban J connectivity index is 1.56. The molecule has 5 nitrogen and oxygen atoms in total. The molecule has 0 bridgehead atoms. The molecule has 3 rings (SSSR count). The Kier molecular flexibility index (Phi) is 5.09. The van der Waals surface area contributed by atoms with Crippen LogP contribution in [0.1, 0.15) is 32.1 Å². The lowest BCUT2D eigenvalue weighted by Crippen LogP contribution is -2.58. The molecule has 0 aromatic rings. The Bertz CT molecular complexity index is 368. The van der Waals surface area contributed by atoms with Gasteiger partial charge in [0.2, 0.25) is 5.91 Å². The number of hydrogen-bond donors (Lipinski definition) is 2. The van der Waals surface area contributed by atoms with Crippen molar-refractivity contribution < 1.29 is 14.6 Å². The predicted octanol–water partition coefficient (Wildman–Crippen LogP) is 0.614. The smallest absolute Gasteiger partial charge is 0.239 e. The van der Waals surface area contributed by atoms with Crippen LogP contribution in [0.2, 0.25) is 0 Å². The van der Waals surface area contributed by atoms with Gasteiger partial charge in [-0.1, -0.05) is 12.8 Å². The molecule has 2 unspecified atom stereocenters. The zero-order valence-corrected chi connectivity index (χ0v) is 13.4. The number of nitrogens with one attached hydrogen (secondary N) is 1. The molecule has 21 heavy (non-hydrogen) atoms. The van der Waals surface area contributed by atoms with E-state index in [9.17, 15) is 9.90 Å². The van der Waals surface area contributed by atoms with Gasteiger partial charge >= 0.3 is 0 Å². The molecular weight excluding hydrogens is 288 g/mol. The van der Waals surface area contributed by atoms with E-state index in [1.807, 2.05) is 0 Å². The summed E-state index contributed by atoms with van der Waals surface area (Å²) in [4.78, 5) is 14.8. The van der Waals surface area contributed by atoms with Crippen LogP contribution < -0.4 is 5.32 Å². The fraction of sp³-hybridized carbons (Fsp3) is 0.933. The van der Waals surface area contributed by atoms with Gasteiger partial charge < -0.3 is 15.2 Å². The summed E-state index contributed by atoms with van der Waals surface area (Å²) in [6.45, 7) is 2.42. The first-order valence-electron chi connectivity index (χ1n) is 8.09. The number of rotatable bonds is 4. The first kappa shape index (κ1) is 15.6. The minimum Gasteiger partial charge on any atom is -0.387 e. The van der Waals surface area contributed by atoms with E-state index in [0.29, 0.717) is 19.2 Å². The third-order valence-electron chi connectivity index (χ3n) is 4.94. The van der Waals surface area contributed by atoms with E-state index in [1.54, 1.807) is 11.8 Å². The van der Waals surface area contributed by atoms with Crippen molar-refractivity contribution in [3.05, 3.63) is 0 Å². The van der Waals surface area contributed by atoms with E-state index >= 15 is 0 Å². The molecule has 0 radical (unpaired) electrons. The summed E-state index contributed by atoms with van der Waals surface area (Å²) in [5.74, 6) is 1.72. The van der Waals surface area contributed by atoms with Crippen molar-refractivity contribution >= 4 is 17.7 Å². The van der Waals surface area contributed by atoms with Crippen molar-refractivity contribution in [2.24, 2.45) is 0 Å². The molecule has 1 aliphatic carbocycles. The Hall–Kier alpha value is -0.300. The third kappa shape index (κ3) is 3.73. The maximum Gasteiger partial charge on any atom is 0.239 e. The van der Waals surface area contributed by atoms with E-state index in [0.717, 1.165) is 31.1 Å². The van der Waals surface area contributed by atoms with Gasteiger partial charge in [-0.15, -0.1) is 0 Å². The van der Waals surface area contributed by atoms with Gasteiger partial charge in [0.1, 0.15) is 6.04 Å². The van der Waals surface area contributed by atoms with Crippen molar-refractivity contribution in [2.45, 2.75) is 49.8 Å². The maximum absolute atomic E-state index is 12.5. The number of amides is 1. The topological polar surface area (TPSA) is 61.8 Å². The Morgan fingerprint density at radius 2 is 2.24 bits per heavy atom. The molecule has 1 amide bonds. The first-order chi connectivity index (χ1) is 10.2. The van der Waals surface area contributed by atoms with Crippen LogP contribution in [0.25, 0.3) is 0 Å². The molecule has 2 N–H and O–H groups in total. The van der Waals surface area contributed by atoms with Crippen LogP contribution in [-0.2, 0) is 9.53 Å². The minimum atomic E-state index is -0.714. The number of ether oxygens (including phenoxy) is 1. The monoisotopic (exact) mass is 314 g/mol. The molecule has 0 aromatic heterocycles. The van der Waals surface area contributed by atoms with Gasteiger partial charge in [0.05, 0.1) is 18.8 Å². The van der Waals surface area contributed by atoms with Crippen LogP contribution in [0, 0.1) is 0 Å². The normalized spacial score (nSPS) is 35.2. The summed E-state index contributed by atoms with van der Waals surface area (Å²) in [5.41, 5.74) is -0.714. The standard InChI is InChI=1S/C15H26N2O3S/c18-14(16-10-15(19)5-8-21-11-15)13-9-20-7-6-17(13)12-3-1-2-4-12/h12-13,19H,1-11H2,(H,16,18). The molecule has 2 aliphatic heterocycles. The lowest BCUT2D eigenvalue weighted by Gasteiger charge is -2.39. The minimum absolute atomic E-state index is 0.0203. The van der Waals surface area contributed by atoms with Crippen LogP contribution in [0.15, 0.2) is 0 Å². The highest BCUT2D eigenvalue weighted by molar-refractivity contribution is 7.99. The Labute approximate surface area is 130 Å². The quantitative estimate of drug-likeness (QED) is 0.796. The zero-order chi connectivity index (χ0) is 14.7. The Morgan fingerprint density at radius 1 is 1.43 bits per heavy atom. The van der Waals surface area contributed by atoms with E-state index in [2.05, 4.69) is 10.2 Å². The number of carbonyl (C=O) groups excluding carboxylic acids is 1. The van der Waals surface area contributed by atoms with Crippen LogP contribution in [0.3, 0.4) is 0 Å². The summed E-state index contributed by atoms with van der Waals surface area (Å²) in [6.07, 6.45) is 5.71. The molecule has 2 atom stereocenters. The van der Waals surface area contributed by atoms with Crippen LogP contribution in [0.5, 0.6) is 0 Å². The van der Waals surface area contributed by atoms with Crippen molar-refractivity contribution in [3.8, 4) is 0 Å². The van der Waals surface area contributed by atoms with Crippen LogP contribution in [0.4, 0.5) is 0 Å². The van der Waals surface area contributed by atoms with Crippen LogP contribution in [-0.4, -0.2) is 71.4 Å². The lowest BCUT2D eigenvalue weighted by atomic mass is 10.0. The molecule has 3 fully saturated rings. The average Bonchev–Trinajstić information content (AvgIpc) is 3.17. The van der Waals surface area contributed by atoms with E-state index in [1.165, 1.54) is 25.7 Å². The Morgan fingerprint density at radius 3 is 2.95 bits per heavy atom. The number of carbonyl (C=O) groups is 1. The van der Waals surface area contributed by atoms with Crippen molar-refractivity contribution in [2.75, 3.05) is 37.8 Å². The van der Waals surface area contributed by atoms with Gasteiger partial charge in [0.25, 0.3) is 0 Å². The fourth-order valence-corrected chi connectivity index (χ4v) is 4.92. The summed E-state index contributed by atoms with van der Waals surface area (Å²) in [6, 6.07) is 0.356. The average molecular weight is 314 g/mol. The van der Waals surface area contributed by atoms with E-state index in [4.69, 9.17) is 4.74 Å². The molecule has 0 aromatic carbocycles. The molecule has 3 aliphatic rings. The molecule has 6 heteroatoms. The van der Waals surface area contributed by atoms with E-state index in [-0.39, 0.29) is 11.9 Å². The third-order valence-corrected chi connectivity index (χ3v) is 6.17. The molecular formula is C15H26N2O3S. The highest BCUT2D eigenvalue weighted by Crippen LogP contribution is 2.28. The van der Waals surface area contributed by atoms with E-state index < -0.39 is 5.60 Å². The SMILES string of the molecule is O=C(NCC1(O)CCSC1)C1COCCN1C1CCCC1. The molecule has 2 heterocycles. The molecule has 0 spiro atoms. The number of thioether (sulfide) groups is 1. The largest absolute Gasteiger partial charge is 0.387 e. The molecule has 1 saturated carbocycles. The number of morpholine rings is 1. The zero-order valence-electron chi connectivity index (χ0n) is 12.6. The summed E-state index contributed by atoms with van der Waals surface area (Å²) < 4.78 is 5.52. The number of hydrogen-bond acceptors (Lipinski definition) is 5. The van der Waals surface area contributed by atoms with Crippen LogP contribution >= 0.6 is 11.8 Å². The van der Waals surface area contributed by atoms with Gasteiger partial charge in [-0.05, 0) is 25.0 Å². The lowest BCUT2D eigenvalue weighted by molar-refractivity contribution is -0.135. The van der Waals surface area contributed by atoms with Gasteiger partial charge in [-0.2, -0.15) is 11.8 Å². The van der Waals surface area contributed by atoms with Gasteiger partial charge in [-0.25, -0.2) is 0 Å². The van der Waals surface area contributed by atoms with Crippen molar-refractivity contribution in [1.82, 2.24) is 10.2 Å². The predicted molar refractivity (Wildman–Crippen MR) is 83.5 cm³/mol. The fourth-order valence-electron chi connectivity index (χ4n) is 3.62. The van der Waals surface area contributed by atoms with Crippen molar-refractivity contribution in [1.29, 1.82) is 0 Å². The molecule has 2 saturated heterocycles. The second kappa shape index (κ2) is 6.86. The highest BCUT2D eigenvalue weighted by atomic mass is 32.2.